The molecule has 0 aliphatic carbocycles. The quantitative estimate of drug-likeness (QED) is 0.474. The first kappa shape index (κ1) is 21.8. The highest BCUT2D eigenvalue weighted by Gasteiger charge is 2.20. The average Bonchev–Trinajstić information content (AvgIpc) is 3.24. The Balaban J connectivity index is 1.80. The fraction of sp³-hybridized carbons (Fsp3) is 0.0435. The van der Waals surface area contributed by atoms with Crippen LogP contribution < -0.4 is 10.0 Å². The van der Waals surface area contributed by atoms with Gasteiger partial charge in [-0.3, -0.25) is 4.90 Å². The molecule has 2 N–H and O–H groups in total. The van der Waals surface area contributed by atoms with E-state index in [1.54, 1.807) is 37.5 Å². The van der Waals surface area contributed by atoms with Gasteiger partial charge in [0.25, 0.3) is 0 Å². The summed E-state index contributed by atoms with van der Waals surface area (Å²) in [4.78, 5) is 14.6. The molecule has 0 spiro atoms. The van der Waals surface area contributed by atoms with Crippen LogP contribution in [0.3, 0.4) is 0 Å². The van der Waals surface area contributed by atoms with Crippen molar-refractivity contribution in [3.05, 3.63) is 90.1 Å². The molecule has 162 valence electrons. The number of carbonyl (C=O) groups excluding carboxylic acids is 1. The minimum atomic E-state index is -3.82. The Kier molecular flexibility index (Phi) is 5.84. The molecule has 0 aliphatic heterocycles. The fourth-order valence-electron chi connectivity index (χ4n) is 3.24. The summed E-state index contributed by atoms with van der Waals surface area (Å²) in [5, 5.41) is 10.3. The highest BCUT2D eigenvalue weighted by Crippen LogP contribution is 2.32. The van der Waals surface area contributed by atoms with Crippen LogP contribution in [-0.2, 0) is 10.0 Å². The molecule has 4 aromatic rings. The molecule has 0 saturated heterocycles. The van der Waals surface area contributed by atoms with Crippen molar-refractivity contribution in [2.24, 2.45) is 5.14 Å². The molecule has 0 saturated carbocycles. The molecule has 7 nitrogen and oxygen atoms in total. The Labute approximate surface area is 190 Å². The molecule has 0 fully saturated rings. The number of benzene rings is 3. The number of para-hydroxylation sites is 1. The van der Waals surface area contributed by atoms with Crippen molar-refractivity contribution in [2.75, 3.05) is 11.9 Å². The van der Waals surface area contributed by atoms with Gasteiger partial charge in [-0.25, -0.2) is 18.4 Å². The summed E-state index contributed by atoms with van der Waals surface area (Å²) in [6.45, 7) is 0. The highest BCUT2D eigenvalue weighted by molar-refractivity contribution is 7.89. The Morgan fingerprint density at radius 2 is 1.53 bits per heavy atom. The Morgan fingerprint density at radius 1 is 0.938 bits per heavy atom. The van der Waals surface area contributed by atoms with Gasteiger partial charge in [0.2, 0.25) is 10.0 Å². The van der Waals surface area contributed by atoms with Crippen LogP contribution in [0.4, 0.5) is 10.5 Å². The minimum absolute atomic E-state index is 0.00591. The van der Waals surface area contributed by atoms with Crippen LogP contribution in [0.25, 0.3) is 22.4 Å². The first-order valence-electron chi connectivity index (χ1n) is 9.56. The van der Waals surface area contributed by atoms with Gasteiger partial charge in [0, 0.05) is 35.1 Å². The van der Waals surface area contributed by atoms with Crippen LogP contribution in [0.15, 0.2) is 90.0 Å². The lowest BCUT2D eigenvalue weighted by molar-refractivity contribution is 0.246. The van der Waals surface area contributed by atoms with E-state index in [1.165, 1.54) is 21.7 Å². The monoisotopic (exact) mass is 466 g/mol. The number of sulfonamides is 1. The largest absolute Gasteiger partial charge is 0.348 e. The van der Waals surface area contributed by atoms with Crippen molar-refractivity contribution in [1.82, 2.24) is 9.78 Å². The molecule has 0 unspecified atom stereocenters. The van der Waals surface area contributed by atoms with E-state index in [4.69, 9.17) is 16.7 Å². The zero-order valence-corrected chi connectivity index (χ0v) is 18.6. The van der Waals surface area contributed by atoms with Gasteiger partial charge in [-0.05, 0) is 42.0 Å². The lowest BCUT2D eigenvalue weighted by atomic mass is 10.0. The van der Waals surface area contributed by atoms with Crippen molar-refractivity contribution in [1.29, 1.82) is 0 Å². The summed E-state index contributed by atoms with van der Waals surface area (Å²) in [7, 11) is -2.15. The van der Waals surface area contributed by atoms with E-state index in [2.05, 4.69) is 5.10 Å². The van der Waals surface area contributed by atoms with Crippen molar-refractivity contribution in [3.63, 3.8) is 0 Å². The lowest BCUT2D eigenvalue weighted by Gasteiger charge is -2.16. The van der Waals surface area contributed by atoms with Crippen molar-refractivity contribution >= 4 is 33.3 Å². The number of hydrogen-bond donors (Lipinski definition) is 1. The summed E-state index contributed by atoms with van der Waals surface area (Å²) in [5.74, 6) is 0. The number of primary sulfonamides is 1. The Bertz CT molecular complexity index is 1370. The molecule has 4 rings (SSSR count). The zero-order chi connectivity index (χ0) is 22.9. The van der Waals surface area contributed by atoms with E-state index < -0.39 is 10.0 Å². The molecule has 0 bridgehead atoms. The van der Waals surface area contributed by atoms with Gasteiger partial charge in [0.15, 0.2) is 0 Å². The SMILES string of the molecule is CN(C(=O)n1cc(-c2ccc(Cl)cc2)c(-c2ccc(S(N)(=O)=O)cc2)n1)c1ccccc1. The fourth-order valence-corrected chi connectivity index (χ4v) is 3.89. The molecular formula is C23H19ClN4O3S. The van der Waals surface area contributed by atoms with Crippen LogP contribution in [0.1, 0.15) is 0 Å². The lowest BCUT2D eigenvalue weighted by Crippen LogP contribution is -2.31. The number of aromatic nitrogens is 2. The highest BCUT2D eigenvalue weighted by atomic mass is 35.5. The summed E-state index contributed by atoms with van der Waals surface area (Å²) in [6.07, 6.45) is 1.65. The predicted octanol–water partition coefficient (Wildman–Crippen LogP) is 4.62. The Morgan fingerprint density at radius 3 is 2.12 bits per heavy atom. The molecule has 0 radical (unpaired) electrons. The summed E-state index contributed by atoms with van der Waals surface area (Å²) >= 11 is 6.03. The zero-order valence-electron chi connectivity index (χ0n) is 17.0. The van der Waals surface area contributed by atoms with E-state index in [0.717, 1.165) is 11.3 Å². The molecule has 3 aromatic carbocycles. The van der Waals surface area contributed by atoms with E-state index >= 15 is 0 Å². The van der Waals surface area contributed by atoms with Crippen LogP contribution in [0.2, 0.25) is 5.02 Å². The van der Waals surface area contributed by atoms with E-state index in [1.807, 2.05) is 42.5 Å². The maximum absolute atomic E-state index is 13.1. The third-order valence-electron chi connectivity index (χ3n) is 4.95. The van der Waals surface area contributed by atoms with Gasteiger partial charge in [0.05, 0.1) is 4.90 Å². The van der Waals surface area contributed by atoms with Gasteiger partial charge < -0.3 is 0 Å². The second kappa shape index (κ2) is 8.58. The maximum atomic E-state index is 13.1. The van der Waals surface area contributed by atoms with Crippen LogP contribution in [0, 0.1) is 0 Å². The number of rotatable bonds is 4. The third kappa shape index (κ3) is 4.43. The Hall–Kier alpha value is -3.46. The standard InChI is InChI=1S/C23H19ClN4O3S/c1-27(19-5-3-2-4-6-19)23(29)28-15-21(16-7-11-18(24)12-8-16)22(26-28)17-9-13-20(14-10-17)32(25,30)31/h2-15H,1H3,(H2,25,30,31). The molecule has 0 atom stereocenters. The molecule has 0 aliphatic rings. The van der Waals surface area contributed by atoms with Crippen LogP contribution >= 0.6 is 11.6 Å². The van der Waals surface area contributed by atoms with Crippen LogP contribution in [0.5, 0.6) is 0 Å². The molecule has 32 heavy (non-hydrogen) atoms. The van der Waals surface area contributed by atoms with Crippen molar-refractivity contribution < 1.29 is 13.2 Å². The molecule has 1 amide bonds. The molecule has 1 aromatic heterocycles. The van der Waals surface area contributed by atoms with E-state index in [0.29, 0.717) is 21.8 Å². The normalized spacial score (nSPS) is 11.3. The number of amides is 1. The summed E-state index contributed by atoms with van der Waals surface area (Å²) < 4.78 is 24.5. The number of anilines is 1. The van der Waals surface area contributed by atoms with Crippen molar-refractivity contribution in [2.45, 2.75) is 4.90 Å². The van der Waals surface area contributed by atoms with E-state index in [-0.39, 0.29) is 10.9 Å². The number of nitrogens with zero attached hydrogens (tertiary/aromatic N) is 3. The average molecular weight is 467 g/mol. The molecular weight excluding hydrogens is 448 g/mol. The second-order valence-corrected chi connectivity index (χ2v) is 9.09. The minimum Gasteiger partial charge on any atom is -0.296 e. The second-order valence-electron chi connectivity index (χ2n) is 7.09. The van der Waals surface area contributed by atoms with Gasteiger partial charge in [0.1, 0.15) is 5.69 Å². The first-order valence-corrected chi connectivity index (χ1v) is 11.5. The van der Waals surface area contributed by atoms with E-state index in [9.17, 15) is 13.2 Å². The van der Waals surface area contributed by atoms with Gasteiger partial charge >= 0.3 is 6.03 Å². The van der Waals surface area contributed by atoms with Crippen molar-refractivity contribution in [3.8, 4) is 22.4 Å². The van der Waals surface area contributed by atoms with Crippen LogP contribution in [-0.4, -0.2) is 31.3 Å². The molecule has 1 heterocycles. The summed E-state index contributed by atoms with van der Waals surface area (Å²) in [5.41, 5.74) is 3.38. The number of nitrogens with two attached hydrogens (primary N) is 1. The number of halogens is 1. The predicted molar refractivity (Wildman–Crippen MR) is 125 cm³/mol. The molecule has 9 heteroatoms. The van der Waals surface area contributed by atoms with Gasteiger partial charge in [-0.1, -0.05) is 54.1 Å². The third-order valence-corrected chi connectivity index (χ3v) is 6.13. The number of carbonyl (C=O) groups is 1. The first-order chi connectivity index (χ1) is 15.2. The topological polar surface area (TPSA) is 98.3 Å². The maximum Gasteiger partial charge on any atom is 0.348 e. The van der Waals surface area contributed by atoms with Gasteiger partial charge in [-0.2, -0.15) is 9.78 Å². The smallest absolute Gasteiger partial charge is 0.296 e. The summed E-state index contributed by atoms with van der Waals surface area (Å²) in [6, 6.07) is 22.1. The van der Waals surface area contributed by atoms with Gasteiger partial charge in [-0.15, -0.1) is 0 Å². The number of hydrogen-bond acceptors (Lipinski definition) is 4.